The number of H-pyrrole nitrogens is 1. The Morgan fingerprint density at radius 1 is 1.19 bits per heavy atom. The summed E-state index contributed by atoms with van der Waals surface area (Å²) in [4.78, 5) is 22.3. The molecule has 1 saturated heterocycles. The first-order chi connectivity index (χ1) is 13.2. The number of rotatable bonds is 6. The Morgan fingerprint density at radius 2 is 2.04 bits per heavy atom. The third-order valence-electron chi connectivity index (χ3n) is 5.47. The third-order valence-corrected chi connectivity index (χ3v) is 5.47. The molecule has 0 aliphatic carbocycles. The lowest BCUT2D eigenvalue weighted by Gasteiger charge is -2.31. The number of nitrogens with zero attached hydrogens (tertiary/aromatic N) is 2. The molecule has 4 rings (SSSR count). The van der Waals surface area contributed by atoms with Gasteiger partial charge in [0.1, 0.15) is 11.3 Å². The number of aryl methyl sites for hydroxylation is 1. The number of carbonyl (C=O) groups is 1. The summed E-state index contributed by atoms with van der Waals surface area (Å²) in [7, 11) is 0. The molecule has 1 amide bonds. The summed E-state index contributed by atoms with van der Waals surface area (Å²) in [6.07, 6.45) is 4.59. The van der Waals surface area contributed by atoms with Crippen molar-refractivity contribution < 1.29 is 4.79 Å². The highest BCUT2D eigenvalue weighted by molar-refractivity contribution is 6.04. The van der Waals surface area contributed by atoms with Gasteiger partial charge in [-0.05, 0) is 56.5 Å². The number of fused-ring (bicyclic) bond motifs is 1. The minimum atomic E-state index is -0.426. The number of aromatic amines is 1. The maximum Gasteiger partial charge on any atom is 0.250 e. The zero-order valence-electron chi connectivity index (χ0n) is 15.5. The summed E-state index contributed by atoms with van der Waals surface area (Å²) in [5, 5.41) is 0. The van der Waals surface area contributed by atoms with E-state index in [4.69, 9.17) is 10.7 Å². The van der Waals surface area contributed by atoms with E-state index in [1.807, 2.05) is 12.1 Å². The van der Waals surface area contributed by atoms with Gasteiger partial charge in [0.25, 0.3) is 5.91 Å². The highest BCUT2D eigenvalue weighted by Gasteiger charge is 2.24. The number of para-hydroxylation sites is 1. The lowest BCUT2D eigenvalue weighted by molar-refractivity contribution is 0.100. The molecular formula is C22H26N4O. The molecule has 1 aliphatic heterocycles. The van der Waals surface area contributed by atoms with Crippen molar-refractivity contribution in [3.8, 4) is 0 Å². The van der Waals surface area contributed by atoms with Crippen LogP contribution in [-0.2, 0) is 6.42 Å². The number of nitrogens with one attached hydrogen (secondary N) is 1. The molecule has 2 heterocycles. The number of piperidine rings is 1. The molecule has 0 radical (unpaired) electrons. The lowest BCUT2D eigenvalue weighted by Crippen LogP contribution is -2.35. The van der Waals surface area contributed by atoms with Crippen LogP contribution in [0.1, 0.15) is 46.9 Å². The molecule has 5 nitrogen and oxygen atoms in total. The monoisotopic (exact) mass is 362 g/mol. The molecule has 1 aromatic heterocycles. The Hall–Kier alpha value is -2.66. The van der Waals surface area contributed by atoms with Gasteiger partial charge in [0.2, 0.25) is 0 Å². The maximum atomic E-state index is 11.6. The molecule has 1 unspecified atom stereocenters. The number of primary amides is 1. The predicted octanol–water partition coefficient (Wildman–Crippen LogP) is 3.47. The molecule has 3 N–H and O–H groups in total. The standard InChI is InChI=1S/C22H26N4O/c23-21(27)18-11-4-12-19-20(18)25-22(24-19)17-10-6-14-26(15-17)13-5-9-16-7-2-1-3-8-16/h1-4,7-8,11-12,17H,5-6,9-10,13-15H2,(H2,23,27)(H,24,25). The van der Waals surface area contributed by atoms with Crippen molar-refractivity contribution in [3.05, 3.63) is 65.5 Å². The molecule has 5 heteroatoms. The fraction of sp³-hybridized carbons (Fsp3) is 0.364. The Bertz CT molecular complexity index is 918. The minimum absolute atomic E-state index is 0.378. The molecule has 140 valence electrons. The van der Waals surface area contributed by atoms with E-state index in [-0.39, 0.29) is 0 Å². The van der Waals surface area contributed by atoms with Crippen molar-refractivity contribution in [1.82, 2.24) is 14.9 Å². The van der Waals surface area contributed by atoms with Crippen molar-refractivity contribution in [2.75, 3.05) is 19.6 Å². The molecule has 1 atom stereocenters. The second kappa shape index (κ2) is 7.92. The van der Waals surface area contributed by atoms with Gasteiger partial charge in [-0.15, -0.1) is 0 Å². The second-order valence-electron chi connectivity index (χ2n) is 7.42. The van der Waals surface area contributed by atoms with Crippen LogP contribution in [0.5, 0.6) is 0 Å². The maximum absolute atomic E-state index is 11.6. The Kier molecular flexibility index (Phi) is 5.21. The van der Waals surface area contributed by atoms with E-state index in [1.54, 1.807) is 6.07 Å². The Balaban J connectivity index is 1.41. The number of aromatic nitrogens is 2. The van der Waals surface area contributed by atoms with Crippen LogP contribution in [0, 0.1) is 0 Å². The van der Waals surface area contributed by atoms with E-state index in [2.05, 4.69) is 40.2 Å². The van der Waals surface area contributed by atoms with E-state index >= 15 is 0 Å². The molecular weight excluding hydrogens is 336 g/mol. The lowest BCUT2D eigenvalue weighted by atomic mass is 9.97. The first-order valence-corrected chi connectivity index (χ1v) is 9.75. The van der Waals surface area contributed by atoms with Crippen molar-refractivity contribution in [1.29, 1.82) is 0 Å². The smallest absolute Gasteiger partial charge is 0.250 e. The van der Waals surface area contributed by atoms with E-state index in [0.29, 0.717) is 17.0 Å². The quantitative estimate of drug-likeness (QED) is 0.705. The van der Waals surface area contributed by atoms with Crippen molar-refractivity contribution >= 4 is 16.9 Å². The van der Waals surface area contributed by atoms with Crippen molar-refractivity contribution in [2.45, 2.75) is 31.6 Å². The number of nitrogens with two attached hydrogens (primary N) is 1. The summed E-state index contributed by atoms with van der Waals surface area (Å²) in [6.45, 7) is 3.27. The summed E-state index contributed by atoms with van der Waals surface area (Å²) < 4.78 is 0. The summed E-state index contributed by atoms with van der Waals surface area (Å²) >= 11 is 0. The van der Waals surface area contributed by atoms with Gasteiger partial charge in [-0.1, -0.05) is 36.4 Å². The molecule has 1 aliphatic rings. The SMILES string of the molecule is NC(=O)c1cccc2[nH]c(C3CCCN(CCCc4ccccc4)C3)nc12. The van der Waals surface area contributed by atoms with E-state index in [9.17, 15) is 4.79 Å². The zero-order valence-corrected chi connectivity index (χ0v) is 15.5. The average Bonchev–Trinajstić information content (AvgIpc) is 3.13. The summed E-state index contributed by atoms with van der Waals surface area (Å²) in [5.74, 6) is 0.930. The fourth-order valence-electron chi connectivity index (χ4n) is 4.08. The van der Waals surface area contributed by atoms with Crippen LogP contribution in [0.25, 0.3) is 11.0 Å². The van der Waals surface area contributed by atoms with Crippen LogP contribution in [0.3, 0.4) is 0 Å². The topological polar surface area (TPSA) is 75.0 Å². The number of imidazole rings is 1. The van der Waals surface area contributed by atoms with Gasteiger partial charge in [0, 0.05) is 12.5 Å². The van der Waals surface area contributed by atoms with Gasteiger partial charge in [-0.3, -0.25) is 4.79 Å². The molecule has 0 spiro atoms. The Labute approximate surface area is 159 Å². The van der Waals surface area contributed by atoms with E-state index in [1.165, 1.54) is 18.4 Å². The van der Waals surface area contributed by atoms with E-state index in [0.717, 1.165) is 43.8 Å². The molecule has 3 aromatic rings. The second-order valence-corrected chi connectivity index (χ2v) is 7.42. The van der Waals surface area contributed by atoms with Crippen molar-refractivity contribution in [3.63, 3.8) is 0 Å². The predicted molar refractivity (Wildman–Crippen MR) is 108 cm³/mol. The minimum Gasteiger partial charge on any atom is -0.366 e. The van der Waals surface area contributed by atoms with Gasteiger partial charge >= 0.3 is 0 Å². The molecule has 1 fully saturated rings. The van der Waals surface area contributed by atoms with Crippen LogP contribution >= 0.6 is 0 Å². The molecule has 2 aromatic carbocycles. The van der Waals surface area contributed by atoms with Crippen LogP contribution < -0.4 is 5.73 Å². The third kappa shape index (κ3) is 4.03. The number of benzene rings is 2. The van der Waals surface area contributed by atoms with E-state index < -0.39 is 5.91 Å². The van der Waals surface area contributed by atoms with Crippen molar-refractivity contribution in [2.24, 2.45) is 5.73 Å². The number of hydrogen-bond donors (Lipinski definition) is 2. The Morgan fingerprint density at radius 3 is 2.85 bits per heavy atom. The summed E-state index contributed by atoms with van der Waals surface area (Å²) in [5.41, 5.74) is 8.97. The zero-order chi connectivity index (χ0) is 18.6. The molecule has 0 bridgehead atoms. The fourth-order valence-corrected chi connectivity index (χ4v) is 4.08. The highest BCUT2D eigenvalue weighted by Crippen LogP contribution is 2.28. The molecule has 27 heavy (non-hydrogen) atoms. The van der Waals surface area contributed by atoms with Gasteiger partial charge in [0.05, 0.1) is 11.1 Å². The average molecular weight is 362 g/mol. The van der Waals surface area contributed by atoms with Gasteiger partial charge in [0.15, 0.2) is 0 Å². The highest BCUT2D eigenvalue weighted by atomic mass is 16.1. The van der Waals surface area contributed by atoms with Crippen LogP contribution in [0.4, 0.5) is 0 Å². The number of hydrogen-bond acceptors (Lipinski definition) is 3. The van der Waals surface area contributed by atoms with Crippen LogP contribution in [0.15, 0.2) is 48.5 Å². The van der Waals surface area contributed by atoms with Gasteiger partial charge in [-0.2, -0.15) is 0 Å². The van der Waals surface area contributed by atoms with Crippen LogP contribution in [-0.4, -0.2) is 40.4 Å². The molecule has 0 saturated carbocycles. The van der Waals surface area contributed by atoms with Gasteiger partial charge < -0.3 is 15.6 Å². The first kappa shape index (κ1) is 17.7. The van der Waals surface area contributed by atoms with Crippen LogP contribution in [0.2, 0.25) is 0 Å². The normalized spacial score (nSPS) is 18.0. The first-order valence-electron chi connectivity index (χ1n) is 9.75. The van der Waals surface area contributed by atoms with Gasteiger partial charge in [-0.25, -0.2) is 4.98 Å². The number of likely N-dealkylation sites (tertiary alicyclic amines) is 1. The number of carbonyl (C=O) groups excluding carboxylic acids is 1. The largest absolute Gasteiger partial charge is 0.366 e. The summed E-state index contributed by atoms with van der Waals surface area (Å²) in [6, 6.07) is 16.2. The number of amides is 1.